The number of rotatable bonds is 7. The van der Waals surface area contributed by atoms with Crippen molar-refractivity contribution in [1.82, 2.24) is 24.6 Å². The van der Waals surface area contributed by atoms with Gasteiger partial charge in [0.15, 0.2) is 0 Å². The molecular weight excluding hydrogens is 463 g/mol. The second-order valence-electron chi connectivity index (χ2n) is 8.25. The van der Waals surface area contributed by atoms with Crippen LogP contribution in [0, 0.1) is 6.92 Å². The summed E-state index contributed by atoms with van der Waals surface area (Å²) in [6.45, 7) is 3.34. The number of aryl methyl sites for hydroxylation is 2. The van der Waals surface area contributed by atoms with Crippen LogP contribution >= 0.6 is 0 Å². The van der Waals surface area contributed by atoms with Crippen LogP contribution in [0.4, 0.5) is 30.6 Å². The molecule has 1 amide bonds. The van der Waals surface area contributed by atoms with Crippen LogP contribution in [0.2, 0.25) is 0 Å². The van der Waals surface area contributed by atoms with Crippen molar-refractivity contribution in [3.63, 3.8) is 0 Å². The smallest absolute Gasteiger partial charge is 0.421 e. The van der Waals surface area contributed by atoms with E-state index in [9.17, 15) is 18.0 Å². The summed E-state index contributed by atoms with van der Waals surface area (Å²) in [5.41, 5.74) is 1.34. The maximum absolute atomic E-state index is 13.6. The van der Waals surface area contributed by atoms with Gasteiger partial charge in [0.25, 0.3) is 5.91 Å². The van der Waals surface area contributed by atoms with Crippen LogP contribution in [0.15, 0.2) is 30.5 Å². The highest BCUT2D eigenvalue weighted by Gasteiger charge is 2.35. The minimum absolute atomic E-state index is 0.0534. The molecule has 3 heterocycles. The van der Waals surface area contributed by atoms with E-state index in [0.29, 0.717) is 35.8 Å². The van der Waals surface area contributed by atoms with Crippen molar-refractivity contribution in [1.29, 1.82) is 0 Å². The van der Waals surface area contributed by atoms with Gasteiger partial charge in [-0.3, -0.25) is 9.48 Å². The first-order valence-corrected chi connectivity index (χ1v) is 11.1. The molecule has 0 unspecified atom stereocenters. The molecule has 0 saturated carbocycles. The lowest BCUT2D eigenvalue weighted by molar-refractivity contribution is -0.137. The predicted molar refractivity (Wildman–Crippen MR) is 124 cm³/mol. The maximum Gasteiger partial charge on any atom is 0.421 e. The third-order valence-electron chi connectivity index (χ3n) is 5.78. The predicted octanol–water partition coefficient (Wildman–Crippen LogP) is 4.14. The lowest BCUT2D eigenvalue weighted by Crippen LogP contribution is -2.27. The van der Waals surface area contributed by atoms with Crippen LogP contribution in [-0.4, -0.2) is 50.8 Å². The quantitative estimate of drug-likeness (QED) is 0.515. The minimum Gasteiger partial charge on any atom is -0.495 e. The molecule has 12 heteroatoms. The number of nitrogens with zero attached hydrogens (tertiary/aromatic N) is 5. The Bertz CT molecular complexity index is 1200. The number of hydrogen-bond donors (Lipinski definition) is 2. The van der Waals surface area contributed by atoms with Crippen molar-refractivity contribution in [3.05, 3.63) is 53.0 Å². The van der Waals surface area contributed by atoms with E-state index in [1.165, 1.54) is 7.11 Å². The summed E-state index contributed by atoms with van der Waals surface area (Å²) in [5, 5.41) is 9.86. The molecule has 0 spiro atoms. The Kier molecular flexibility index (Phi) is 6.81. The van der Waals surface area contributed by atoms with Gasteiger partial charge in [0, 0.05) is 37.6 Å². The molecule has 2 aromatic heterocycles. The molecule has 186 valence electrons. The van der Waals surface area contributed by atoms with E-state index < -0.39 is 11.7 Å². The first-order chi connectivity index (χ1) is 16.7. The molecule has 2 N–H and O–H groups in total. The van der Waals surface area contributed by atoms with Crippen LogP contribution < -0.4 is 15.4 Å². The van der Waals surface area contributed by atoms with Gasteiger partial charge in [-0.25, -0.2) is 4.98 Å². The minimum atomic E-state index is -4.64. The average molecular weight is 490 g/mol. The number of carbonyl (C=O) groups excluding carboxylic acids is 1. The normalized spacial score (nSPS) is 13.7. The maximum atomic E-state index is 13.6. The van der Waals surface area contributed by atoms with Gasteiger partial charge in [0.1, 0.15) is 17.1 Å². The summed E-state index contributed by atoms with van der Waals surface area (Å²) < 4.78 is 47.7. The highest BCUT2D eigenvalue weighted by molar-refractivity contribution is 5.95. The average Bonchev–Trinajstić information content (AvgIpc) is 3.47. The fourth-order valence-corrected chi connectivity index (χ4v) is 3.83. The number of aromatic nitrogens is 4. The van der Waals surface area contributed by atoms with E-state index in [2.05, 4.69) is 25.7 Å². The highest BCUT2D eigenvalue weighted by Crippen LogP contribution is 2.35. The van der Waals surface area contributed by atoms with Gasteiger partial charge < -0.3 is 20.3 Å². The number of methoxy groups -OCH3 is 1. The third-order valence-corrected chi connectivity index (χ3v) is 5.78. The molecule has 0 bridgehead atoms. The second kappa shape index (κ2) is 9.80. The van der Waals surface area contributed by atoms with Crippen molar-refractivity contribution in [2.45, 2.75) is 32.5 Å². The molecule has 9 nitrogen and oxygen atoms in total. The SMILES string of the molecule is COc1cc(C(=O)N2CCCC2)ccc1Nc1ncc(C(F)(F)F)c(NCc2cc(C)n(C)n2)n1. The highest BCUT2D eigenvalue weighted by atomic mass is 19.4. The Morgan fingerprint density at radius 3 is 2.57 bits per heavy atom. The van der Waals surface area contributed by atoms with Crippen molar-refractivity contribution in [2.75, 3.05) is 30.8 Å². The standard InChI is InChI=1S/C23H26F3N7O2/c1-14-10-16(31-32(14)2)12-27-20-17(23(24,25)26)13-28-22(30-20)29-18-7-6-15(11-19(18)35-3)21(34)33-8-4-5-9-33/h6-7,10-11,13H,4-5,8-9,12H2,1-3H3,(H2,27,28,29,30). The lowest BCUT2D eigenvalue weighted by atomic mass is 10.1. The number of carbonyl (C=O) groups is 1. The van der Waals surface area contributed by atoms with E-state index in [0.717, 1.165) is 24.7 Å². The molecule has 35 heavy (non-hydrogen) atoms. The Hall–Kier alpha value is -3.83. The fourth-order valence-electron chi connectivity index (χ4n) is 3.83. The van der Waals surface area contributed by atoms with Crippen LogP contribution in [-0.2, 0) is 19.8 Å². The fraction of sp³-hybridized carbons (Fsp3) is 0.391. The van der Waals surface area contributed by atoms with E-state index in [1.807, 2.05) is 6.92 Å². The molecule has 1 aliphatic rings. The Morgan fingerprint density at radius 2 is 1.94 bits per heavy atom. The molecule has 1 fully saturated rings. The topological polar surface area (TPSA) is 97.2 Å². The van der Waals surface area contributed by atoms with Gasteiger partial charge in [-0.15, -0.1) is 0 Å². The van der Waals surface area contributed by atoms with Crippen molar-refractivity contribution in [2.24, 2.45) is 7.05 Å². The Balaban J connectivity index is 1.57. The summed E-state index contributed by atoms with van der Waals surface area (Å²) in [4.78, 5) is 22.3. The third kappa shape index (κ3) is 5.47. The number of nitrogens with one attached hydrogen (secondary N) is 2. The molecular formula is C23H26F3N7O2. The molecule has 1 aliphatic heterocycles. The summed E-state index contributed by atoms with van der Waals surface area (Å²) in [6, 6.07) is 6.62. The van der Waals surface area contributed by atoms with Gasteiger partial charge in [0.05, 0.1) is 25.0 Å². The van der Waals surface area contributed by atoms with Crippen LogP contribution in [0.25, 0.3) is 0 Å². The molecule has 3 aromatic rings. The monoisotopic (exact) mass is 489 g/mol. The summed E-state index contributed by atoms with van der Waals surface area (Å²) >= 11 is 0. The number of amides is 1. The molecule has 1 aromatic carbocycles. The zero-order valence-corrected chi connectivity index (χ0v) is 19.6. The zero-order chi connectivity index (χ0) is 25.2. The number of hydrogen-bond acceptors (Lipinski definition) is 7. The van der Waals surface area contributed by atoms with E-state index in [1.54, 1.807) is 40.9 Å². The lowest BCUT2D eigenvalue weighted by Gasteiger charge is -2.17. The van der Waals surface area contributed by atoms with Crippen molar-refractivity contribution < 1.29 is 22.7 Å². The number of anilines is 3. The molecule has 1 saturated heterocycles. The zero-order valence-electron chi connectivity index (χ0n) is 19.6. The van der Waals surface area contributed by atoms with Crippen LogP contribution in [0.3, 0.4) is 0 Å². The Morgan fingerprint density at radius 1 is 1.20 bits per heavy atom. The molecule has 4 rings (SSSR count). The largest absolute Gasteiger partial charge is 0.495 e. The Labute approximate surface area is 200 Å². The number of halogens is 3. The van der Waals surface area contributed by atoms with Gasteiger partial charge in [-0.05, 0) is 44.0 Å². The summed E-state index contributed by atoms with van der Waals surface area (Å²) in [6.07, 6.45) is -1.97. The molecule has 0 aliphatic carbocycles. The van der Waals surface area contributed by atoms with E-state index in [-0.39, 0.29) is 24.2 Å². The molecule has 0 radical (unpaired) electrons. The van der Waals surface area contributed by atoms with Crippen LogP contribution in [0.1, 0.15) is 40.2 Å². The molecule has 0 atom stereocenters. The summed E-state index contributed by atoms with van der Waals surface area (Å²) in [7, 11) is 3.20. The number of likely N-dealkylation sites (tertiary alicyclic amines) is 1. The number of benzene rings is 1. The summed E-state index contributed by atoms with van der Waals surface area (Å²) in [5.74, 6) is -0.181. The van der Waals surface area contributed by atoms with Crippen LogP contribution in [0.5, 0.6) is 5.75 Å². The number of ether oxygens (including phenoxy) is 1. The van der Waals surface area contributed by atoms with E-state index >= 15 is 0 Å². The first kappa shape index (κ1) is 24.3. The first-order valence-electron chi connectivity index (χ1n) is 11.1. The van der Waals surface area contributed by atoms with Gasteiger partial charge in [0.2, 0.25) is 5.95 Å². The van der Waals surface area contributed by atoms with Gasteiger partial charge in [-0.1, -0.05) is 0 Å². The van der Waals surface area contributed by atoms with Gasteiger partial charge in [-0.2, -0.15) is 23.3 Å². The second-order valence-corrected chi connectivity index (χ2v) is 8.25. The van der Waals surface area contributed by atoms with Gasteiger partial charge >= 0.3 is 6.18 Å². The van der Waals surface area contributed by atoms with E-state index in [4.69, 9.17) is 4.74 Å². The number of alkyl halides is 3. The van der Waals surface area contributed by atoms with Crippen molar-refractivity contribution in [3.8, 4) is 5.75 Å². The van der Waals surface area contributed by atoms with Crippen molar-refractivity contribution >= 4 is 23.4 Å².